The normalized spacial score (nSPS) is 22.2. The molecule has 2 saturated heterocycles. The quantitative estimate of drug-likeness (QED) is 0.819. The lowest BCUT2D eigenvalue weighted by Gasteiger charge is -2.33. The molecule has 1 atom stereocenters. The summed E-state index contributed by atoms with van der Waals surface area (Å²) in [6.07, 6.45) is -0.622. The van der Waals surface area contributed by atoms with Crippen LogP contribution in [0.25, 0.3) is 0 Å². The SMILES string of the molecule is CC(C)(C)OC(=O)N1CCN(C(=O)OCc2ccccc2)C[C@@]2(CNC(=O)C2)C1. The summed E-state index contributed by atoms with van der Waals surface area (Å²) in [6.45, 7) is 7.37. The minimum absolute atomic E-state index is 0.0753. The Labute approximate surface area is 171 Å². The molecule has 3 rings (SSSR count). The highest BCUT2D eigenvalue weighted by Gasteiger charge is 2.45. The van der Waals surface area contributed by atoms with Crippen LogP contribution in [-0.4, -0.2) is 66.2 Å². The van der Waals surface area contributed by atoms with Crippen LogP contribution in [0.2, 0.25) is 0 Å². The lowest BCUT2D eigenvalue weighted by molar-refractivity contribution is -0.119. The van der Waals surface area contributed by atoms with Crippen molar-refractivity contribution < 1.29 is 23.9 Å². The molecule has 2 fully saturated rings. The second kappa shape index (κ2) is 8.31. The lowest BCUT2D eigenvalue weighted by atomic mass is 9.86. The first-order chi connectivity index (χ1) is 13.7. The Morgan fingerprint density at radius 2 is 1.69 bits per heavy atom. The number of rotatable bonds is 2. The predicted octanol–water partition coefficient (Wildman–Crippen LogP) is 2.38. The average Bonchev–Trinajstić information content (AvgIpc) is 2.90. The molecule has 29 heavy (non-hydrogen) atoms. The van der Waals surface area contributed by atoms with E-state index in [1.165, 1.54) is 0 Å². The first-order valence-corrected chi connectivity index (χ1v) is 9.86. The molecule has 0 radical (unpaired) electrons. The third-order valence-corrected chi connectivity index (χ3v) is 5.00. The van der Waals surface area contributed by atoms with Crippen LogP contribution in [0, 0.1) is 5.41 Å². The Hall–Kier alpha value is -2.77. The Balaban J connectivity index is 1.70. The van der Waals surface area contributed by atoms with Gasteiger partial charge in [0.15, 0.2) is 0 Å². The molecule has 3 amide bonds. The van der Waals surface area contributed by atoms with Crippen LogP contribution in [0.5, 0.6) is 0 Å². The molecule has 2 aliphatic rings. The van der Waals surface area contributed by atoms with Crippen molar-refractivity contribution in [3.8, 4) is 0 Å². The van der Waals surface area contributed by atoms with E-state index < -0.39 is 23.2 Å². The Morgan fingerprint density at radius 3 is 2.24 bits per heavy atom. The van der Waals surface area contributed by atoms with E-state index in [-0.39, 0.29) is 18.9 Å². The van der Waals surface area contributed by atoms with Crippen molar-refractivity contribution in [1.82, 2.24) is 15.1 Å². The van der Waals surface area contributed by atoms with E-state index >= 15 is 0 Å². The van der Waals surface area contributed by atoms with Crippen LogP contribution in [0.1, 0.15) is 32.8 Å². The van der Waals surface area contributed by atoms with Gasteiger partial charge in [-0.25, -0.2) is 9.59 Å². The molecular formula is C21H29N3O5. The van der Waals surface area contributed by atoms with Crippen molar-refractivity contribution in [3.63, 3.8) is 0 Å². The van der Waals surface area contributed by atoms with Crippen LogP contribution in [-0.2, 0) is 20.9 Å². The summed E-state index contributed by atoms with van der Waals surface area (Å²) in [4.78, 5) is 40.5. The molecule has 8 heteroatoms. The zero-order valence-corrected chi connectivity index (χ0v) is 17.3. The highest BCUT2D eigenvalue weighted by molar-refractivity contribution is 5.80. The van der Waals surface area contributed by atoms with Gasteiger partial charge in [0.05, 0.1) is 0 Å². The molecule has 0 aromatic heterocycles. The third kappa shape index (κ3) is 5.62. The summed E-state index contributed by atoms with van der Waals surface area (Å²) < 4.78 is 11.0. The first kappa shape index (κ1) is 21.0. The first-order valence-electron chi connectivity index (χ1n) is 9.86. The fourth-order valence-electron chi connectivity index (χ4n) is 3.68. The topological polar surface area (TPSA) is 88.2 Å². The van der Waals surface area contributed by atoms with Crippen molar-refractivity contribution in [2.24, 2.45) is 5.41 Å². The fraction of sp³-hybridized carbons (Fsp3) is 0.571. The van der Waals surface area contributed by atoms with E-state index in [0.29, 0.717) is 32.7 Å². The van der Waals surface area contributed by atoms with Gasteiger partial charge in [-0.15, -0.1) is 0 Å². The lowest BCUT2D eigenvalue weighted by Crippen LogP contribution is -2.46. The van der Waals surface area contributed by atoms with Gasteiger partial charge >= 0.3 is 12.2 Å². The molecule has 0 aliphatic carbocycles. The maximum Gasteiger partial charge on any atom is 0.410 e. The van der Waals surface area contributed by atoms with Gasteiger partial charge in [-0.2, -0.15) is 0 Å². The molecule has 1 aromatic carbocycles. The van der Waals surface area contributed by atoms with Crippen LogP contribution in [0.4, 0.5) is 9.59 Å². The number of hydrogen-bond donors (Lipinski definition) is 1. The highest BCUT2D eigenvalue weighted by Crippen LogP contribution is 2.31. The number of carbonyl (C=O) groups excluding carboxylic acids is 3. The van der Waals surface area contributed by atoms with Gasteiger partial charge in [-0.1, -0.05) is 30.3 Å². The molecule has 2 aliphatic heterocycles. The molecule has 1 spiro atoms. The van der Waals surface area contributed by atoms with Gasteiger partial charge in [0, 0.05) is 44.6 Å². The standard InChI is InChI=1S/C21H29N3O5/c1-20(2,3)29-19(27)24-10-9-23(14-21(15-24)11-17(25)22-13-21)18(26)28-12-16-7-5-4-6-8-16/h4-8H,9-15H2,1-3H3,(H,22,25)/t21-/m1/s1. The smallest absolute Gasteiger partial charge is 0.410 e. The second-order valence-electron chi connectivity index (χ2n) is 8.82. The van der Waals surface area contributed by atoms with E-state index in [4.69, 9.17) is 9.47 Å². The van der Waals surface area contributed by atoms with Gasteiger partial charge in [0.2, 0.25) is 5.91 Å². The Morgan fingerprint density at radius 1 is 1.07 bits per heavy atom. The Kier molecular flexibility index (Phi) is 6.00. The highest BCUT2D eigenvalue weighted by atomic mass is 16.6. The van der Waals surface area contributed by atoms with E-state index in [0.717, 1.165) is 5.56 Å². The molecule has 8 nitrogen and oxygen atoms in total. The van der Waals surface area contributed by atoms with E-state index in [2.05, 4.69) is 5.32 Å². The summed E-state index contributed by atoms with van der Waals surface area (Å²) in [5, 5.41) is 2.84. The zero-order valence-electron chi connectivity index (χ0n) is 17.3. The van der Waals surface area contributed by atoms with Crippen molar-refractivity contribution in [2.75, 3.05) is 32.7 Å². The molecule has 158 valence electrons. The van der Waals surface area contributed by atoms with Crippen LogP contribution < -0.4 is 5.32 Å². The average molecular weight is 403 g/mol. The van der Waals surface area contributed by atoms with Crippen LogP contribution in [0.3, 0.4) is 0 Å². The fourth-order valence-corrected chi connectivity index (χ4v) is 3.68. The number of nitrogens with zero attached hydrogens (tertiary/aromatic N) is 2. The number of carbonyl (C=O) groups is 3. The molecule has 1 aromatic rings. The summed E-state index contributed by atoms with van der Waals surface area (Å²) in [5.41, 5.74) is -0.260. The molecule has 0 saturated carbocycles. The number of nitrogens with one attached hydrogen (secondary N) is 1. The summed E-state index contributed by atoms with van der Waals surface area (Å²) >= 11 is 0. The van der Waals surface area contributed by atoms with Crippen molar-refractivity contribution in [2.45, 2.75) is 39.4 Å². The molecule has 2 heterocycles. The number of amides is 3. The maximum absolute atomic E-state index is 12.7. The van der Waals surface area contributed by atoms with E-state index in [9.17, 15) is 14.4 Å². The summed E-state index contributed by atoms with van der Waals surface area (Å²) in [7, 11) is 0. The van der Waals surface area contributed by atoms with Gasteiger partial charge < -0.3 is 24.6 Å². The number of benzene rings is 1. The number of hydrogen-bond acceptors (Lipinski definition) is 5. The van der Waals surface area contributed by atoms with Crippen LogP contribution >= 0.6 is 0 Å². The Bertz CT molecular complexity index is 761. The molecular weight excluding hydrogens is 374 g/mol. The minimum Gasteiger partial charge on any atom is -0.445 e. The van der Waals surface area contributed by atoms with Crippen molar-refractivity contribution in [1.29, 1.82) is 0 Å². The molecule has 0 bridgehead atoms. The number of ether oxygens (including phenoxy) is 2. The van der Waals surface area contributed by atoms with Gasteiger partial charge in [0.25, 0.3) is 0 Å². The summed E-state index contributed by atoms with van der Waals surface area (Å²) in [5.74, 6) is -0.0753. The van der Waals surface area contributed by atoms with E-state index in [1.807, 2.05) is 51.1 Å². The molecule has 0 unspecified atom stereocenters. The van der Waals surface area contributed by atoms with E-state index in [1.54, 1.807) is 9.80 Å². The monoisotopic (exact) mass is 403 g/mol. The predicted molar refractivity (Wildman–Crippen MR) is 106 cm³/mol. The van der Waals surface area contributed by atoms with Gasteiger partial charge in [-0.3, -0.25) is 4.79 Å². The van der Waals surface area contributed by atoms with Crippen LogP contribution in [0.15, 0.2) is 30.3 Å². The minimum atomic E-state index is -0.616. The van der Waals surface area contributed by atoms with Crippen molar-refractivity contribution >= 4 is 18.1 Å². The third-order valence-electron chi connectivity index (χ3n) is 5.00. The zero-order chi connectivity index (χ0) is 21.1. The summed E-state index contributed by atoms with van der Waals surface area (Å²) in [6, 6.07) is 9.46. The largest absolute Gasteiger partial charge is 0.445 e. The second-order valence-corrected chi connectivity index (χ2v) is 8.82. The maximum atomic E-state index is 12.7. The van der Waals surface area contributed by atoms with Gasteiger partial charge in [-0.05, 0) is 26.3 Å². The molecule has 1 N–H and O–H groups in total. The van der Waals surface area contributed by atoms with Crippen molar-refractivity contribution in [3.05, 3.63) is 35.9 Å². The van der Waals surface area contributed by atoms with Gasteiger partial charge in [0.1, 0.15) is 12.2 Å².